The number of hydrogen-bond donors (Lipinski definition) is 2. The van der Waals surface area contributed by atoms with Crippen LogP contribution in [0.3, 0.4) is 0 Å². The Hall–Kier alpha value is -4.14. The molecule has 1 atom stereocenters. The highest BCUT2D eigenvalue weighted by molar-refractivity contribution is 6.02. The van der Waals surface area contributed by atoms with Gasteiger partial charge in [-0.05, 0) is 41.5 Å². The van der Waals surface area contributed by atoms with Gasteiger partial charge in [-0.25, -0.2) is 9.59 Å². The van der Waals surface area contributed by atoms with Gasteiger partial charge < -0.3 is 14.7 Å². The summed E-state index contributed by atoms with van der Waals surface area (Å²) >= 11 is 0. The molecule has 35 heavy (non-hydrogen) atoms. The molecule has 0 bridgehead atoms. The Morgan fingerprint density at radius 2 is 1.71 bits per heavy atom. The number of aliphatic carboxylic acids is 1. The van der Waals surface area contributed by atoms with Crippen LogP contribution >= 0.6 is 0 Å². The molecule has 0 radical (unpaired) electrons. The van der Waals surface area contributed by atoms with E-state index in [0.717, 1.165) is 35.1 Å². The molecule has 1 aliphatic heterocycles. The van der Waals surface area contributed by atoms with Crippen LogP contribution in [0.25, 0.3) is 11.1 Å². The average molecular weight is 475 g/mol. The van der Waals surface area contributed by atoms with E-state index in [1.54, 1.807) is 7.05 Å². The number of carboxylic acid groups (broad SMARTS) is 1. The third kappa shape index (κ3) is 4.14. The third-order valence-corrected chi connectivity index (χ3v) is 6.77. The number of anilines is 1. The zero-order valence-electron chi connectivity index (χ0n) is 19.3. The summed E-state index contributed by atoms with van der Waals surface area (Å²) in [7, 11) is 1.58. The summed E-state index contributed by atoms with van der Waals surface area (Å²) in [5.41, 5.74) is 4.77. The summed E-state index contributed by atoms with van der Waals surface area (Å²) in [6.07, 6.45) is 2.53. The van der Waals surface area contributed by atoms with Crippen molar-refractivity contribution in [1.82, 2.24) is 14.7 Å². The molecular weight excluding hydrogens is 448 g/mol. The molecule has 2 N–H and O–H groups in total. The highest BCUT2D eigenvalue weighted by Gasteiger charge is 2.35. The van der Waals surface area contributed by atoms with Crippen molar-refractivity contribution in [2.75, 3.05) is 18.5 Å². The second-order valence-electron chi connectivity index (χ2n) is 8.83. The molecule has 2 amide bonds. The minimum Gasteiger partial charge on any atom is -0.480 e. The van der Waals surface area contributed by atoms with Crippen LogP contribution in [0.1, 0.15) is 46.8 Å². The first kappa shape index (κ1) is 22.6. The first-order valence-corrected chi connectivity index (χ1v) is 11.6. The molecule has 1 saturated heterocycles. The number of carboxylic acids is 1. The lowest BCUT2D eigenvalue weighted by atomic mass is 9.98. The summed E-state index contributed by atoms with van der Waals surface area (Å²) in [5, 5.41) is 16.3. The van der Waals surface area contributed by atoms with Crippen LogP contribution in [0.15, 0.2) is 54.7 Å². The van der Waals surface area contributed by atoms with E-state index in [9.17, 15) is 19.5 Å². The van der Waals surface area contributed by atoms with Crippen LogP contribution in [-0.2, 0) is 16.6 Å². The molecule has 180 valence electrons. The topological polar surface area (TPSA) is 114 Å². The van der Waals surface area contributed by atoms with Crippen molar-refractivity contribution < 1.29 is 24.2 Å². The SMILES string of the molecule is Cn1ncc(NC(=O)OCC2c3ccccc3-c3ccccc32)c1C(=O)N1CCCC[C@H]1C(=O)O. The highest BCUT2D eigenvalue weighted by atomic mass is 16.5. The number of carbonyl (C=O) groups is 3. The summed E-state index contributed by atoms with van der Waals surface area (Å²) in [4.78, 5) is 39.0. The molecule has 0 spiro atoms. The van der Waals surface area contributed by atoms with E-state index >= 15 is 0 Å². The molecule has 3 aromatic rings. The second-order valence-corrected chi connectivity index (χ2v) is 8.83. The molecule has 2 aliphatic rings. The van der Waals surface area contributed by atoms with Gasteiger partial charge in [-0.1, -0.05) is 48.5 Å². The number of benzene rings is 2. The molecule has 1 fully saturated rings. The molecular formula is C26H26N4O5. The largest absolute Gasteiger partial charge is 0.480 e. The minimum atomic E-state index is -1.04. The fraction of sp³-hybridized carbons (Fsp3) is 0.308. The van der Waals surface area contributed by atoms with Crippen LogP contribution in [0, 0.1) is 0 Å². The fourth-order valence-electron chi connectivity index (χ4n) is 5.09. The molecule has 2 heterocycles. The molecule has 0 saturated carbocycles. The molecule has 2 aromatic carbocycles. The Morgan fingerprint density at radius 3 is 2.37 bits per heavy atom. The van der Waals surface area contributed by atoms with Crippen LogP contribution in [0.2, 0.25) is 0 Å². The quantitative estimate of drug-likeness (QED) is 0.581. The smallest absolute Gasteiger partial charge is 0.411 e. The standard InChI is InChI=1S/C26H26N4O5/c1-29-23(24(31)30-13-7-6-12-22(30)25(32)33)21(14-27-29)28-26(34)35-15-20-18-10-4-2-8-16(18)17-9-3-5-11-19(17)20/h2-5,8-11,14,20,22H,6-7,12-13,15H2,1H3,(H,28,34)(H,32,33)/t22-/m0/s1. The van der Waals surface area contributed by atoms with Gasteiger partial charge >= 0.3 is 12.1 Å². The van der Waals surface area contributed by atoms with Crippen LogP contribution < -0.4 is 5.32 Å². The number of hydrogen-bond acceptors (Lipinski definition) is 5. The number of fused-ring (bicyclic) bond motifs is 3. The van der Waals surface area contributed by atoms with Gasteiger partial charge in [0.25, 0.3) is 5.91 Å². The van der Waals surface area contributed by atoms with Crippen LogP contribution in [0.4, 0.5) is 10.5 Å². The van der Waals surface area contributed by atoms with Crippen molar-refractivity contribution in [2.24, 2.45) is 7.05 Å². The summed E-state index contributed by atoms with van der Waals surface area (Å²) in [6, 6.07) is 15.2. The number of likely N-dealkylation sites (tertiary alicyclic amines) is 1. The lowest BCUT2D eigenvalue weighted by molar-refractivity contribution is -0.143. The first-order valence-electron chi connectivity index (χ1n) is 11.6. The van der Waals surface area contributed by atoms with Gasteiger partial charge in [0, 0.05) is 19.5 Å². The van der Waals surface area contributed by atoms with Gasteiger partial charge in [0.05, 0.1) is 11.9 Å². The number of nitrogens with one attached hydrogen (secondary N) is 1. The summed E-state index contributed by atoms with van der Waals surface area (Å²) in [6.45, 7) is 0.474. The highest BCUT2D eigenvalue weighted by Crippen LogP contribution is 2.44. The van der Waals surface area contributed by atoms with E-state index < -0.39 is 24.0 Å². The lowest BCUT2D eigenvalue weighted by Gasteiger charge is -2.33. The molecule has 9 heteroatoms. The van der Waals surface area contributed by atoms with E-state index in [2.05, 4.69) is 22.5 Å². The zero-order chi connectivity index (χ0) is 24.5. The number of amides is 2. The number of rotatable bonds is 5. The number of aryl methyl sites for hydroxylation is 1. The van der Waals surface area contributed by atoms with Gasteiger partial charge in [0.15, 0.2) is 0 Å². The second kappa shape index (κ2) is 9.25. The van der Waals surface area contributed by atoms with Crippen molar-refractivity contribution in [2.45, 2.75) is 31.2 Å². The number of piperidine rings is 1. The maximum atomic E-state index is 13.3. The van der Waals surface area contributed by atoms with Gasteiger partial charge in [-0.15, -0.1) is 0 Å². The van der Waals surface area contributed by atoms with Crippen molar-refractivity contribution in [3.63, 3.8) is 0 Å². The minimum absolute atomic E-state index is 0.0900. The van der Waals surface area contributed by atoms with Crippen LogP contribution in [0.5, 0.6) is 0 Å². The monoisotopic (exact) mass is 474 g/mol. The lowest BCUT2D eigenvalue weighted by Crippen LogP contribution is -2.48. The normalized spacial score (nSPS) is 16.9. The van der Waals surface area contributed by atoms with E-state index in [1.165, 1.54) is 15.8 Å². The number of nitrogens with zero attached hydrogens (tertiary/aromatic N) is 3. The van der Waals surface area contributed by atoms with Gasteiger partial charge in [-0.3, -0.25) is 14.8 Å². The van der Waals surface area contributed by atoms with Crippen molar-refractivity contribution in [3.8, 4) is 11.1 Å². The maximum Gasteiger partial charge on any atom is 0.411 e. The summed E-state index contributed by atoms with van der Waals surface area (Å²) < 4.78 is 6.93. The van der Waals surface area contributed by atoms with E-state index in [-0.39, 0.29) is 23.9 Å². The Labute approximate surface area is 202 Å². The summed E-state index contributed by atoms with van der Waals surface area (Å²) in [5.74, 6) is -1.61. The van der Waals surface area contributed by atoms with Gasteiger partial charge in [0.1, 0.15) is 18.3 Å². The maximum absolute atomic E-state index is 13.3. The third-order valence-electron chi connectivity index (χ3n) is 6.77. The molecule has 1 aromatic heterocycles. The first-order chi connectivity index (χ1) is 17.0. The molecule has 0 unspecified atom stereocenters. The van der Waals surface area contributed by atoms with E-state index in [0.29, 0.717) is 13.0 Å². The fourth-order valence-corrected chi connectivity index (χ4v) is 5.09. The Balaban J connectivity index is 1.31. The molecule has 5 rings (SSSR count). The number of carbonyl (C=O) groups excluding carboxylic acids is 2. The molecule has 1 aliphatic carbocycles. The average Bonchev–Trinajstić information content (AvgIpc) is 3.39. The van der Waals surface area contributed by atoms with E-state index in [1.807, 2.05) is 36.4 Å². The Bertz CT molecular complexity index is 1250. The van der Waals surface area contributed by atoms with Crippen LogP contribution in [-0.4, -0.2) is 57.0 Å². The molecule has 9 nitrogen and oxygen atoms in total. The van der Waals surface area contributed by atoms with Crippen molar-refractivity contribution in [1.29, 1.82) is 0 Å². The van der Waals surface area contributed by atoms with Gasteiger partial charge in [-0.2, -0.15) is 5.10 Å². The predicted octanol–water partition coefficient (Wildman–Crippen LogP) is 3.86. The zero-order valence-corrected chi connectivity index (χ0v) is 19.3. The number of aromatic nitrogens is 2. The van der Waals surface area contributed by atoms with Gasteiger partial charge in [0.2, 0.25) is 0 Å². The Kier molecular flexibility index (Phi) is 5.98. The van der Waals surface area contributed by atoms with Crippen molar-refractivity contribution in [3.05, 3.63) is 71.5 Å². The predicted molar refractivity (Wildman–Crippen MR) is 128 cm³/mol. The Morgan fingerprint density at radius 1 is 1.06 bits per heavy atom. The van der Waals surface area contributed by atoms with E-state index in [4.69, 9.17) is 4.74 Å². The van der Waals surface area contributed by atoms with Crippen molar-refractivity contribution >= 4 is 23.7 Å². The number of ether oxygens (including phenoxy) is 1.